The van der Waals surface area contributed by atoms with Gasteiger partial charge in [0.15, 0.2) is 6.61 Å². The molecule has 4 nitrogen and oxygen atoms in total. The van der Waals surface area contributed by atoms with Gasteiger partial charge in [-0.1, -0.05) is 79.4 Å². The van der Waals surface area contributed by atoms with Gasteiger partial charge < -0.3 is 14.2 Å². The molecule has 0 fully saturated rings. The highest BCUT2D eigenvalue weighted by Gasteiger charge is 2.29. The zero-order valence-electron chi connectivity index (χ0n) is 19.4. The highest BCUT2D eigenvalue weighted by atomic mass is 19.4. The summed E-state index contributed by atoms with van der Waals surface area (Å²) in [6.45, 7) is 2.86. The van der Waals surface area contributed by atoms with Crippen LogP contribution in [0.4, 0.5) is 13.2 Å². The van der Waals surface area contributed by atoms with Crippen LogP contribution >= 0.6 is 0 Å². The topological polar surface area (TPSA) is 40.6 Å². The van der Waals surface area contributed by atoms with Gasteiger partial charge in [0.2, 0.25) is 11.8 Å². The number of hydrogen-bond acceptors (Lipinski definition) is 4. The molecule has 0 saturated carbocycles. The fraction of sp³-hybridized carbons (Fsp3) is 0.138. The number of rotatable bonds is 10. The summed E-state index contributed by atoms with van der Waals surface area (Å²) in [5.41, 5.74) is 3.47. The first-order valence-electron chi connectivity index (χ1n) is 11.2. The molecule has 1 aromatic heterocycles. The molecule has 0 bridgehead atoms. The van der Waals surface area contributed by atoms with Gasteiger partial charge in [-0.3, -0.25) is 0 Å². The number of halogens is 3. The number of alkyl halides is 3. The van der Waals surface area contributed by atoms with Gasteiger partial charge in [0.1, 0.15) is 19.0 Å². The predicted octanol–water partition coefficient (Wildman–Crippen LogP) is 7.49. The minimum absolute atomic E-state index is 0.0576. The third-order valence-corrected chi connectivity index (χ3v) is 5.20. The van der Waals surface area contributed by atoms with E-state index in [4.69, 9.17) is 14.2 Å². The van der Waals surface area contributed by atoms with Gasteiger partial charge in [-0.15, -0.1) is 0 Å². The molecule has 0 N–H and O–H groups in total. The Kier molecular flexibility index (Phi) is 7.90. The van der Waals surface area contributed by atoms with Crippen molar-refractivity contribution in [1.82, 2.24) is 4.98 Å². The zero-order valence-corrected chi connectivity index (χ0v) is 19.4. The molecule has 7 heteroatoms. The molecular weight excluding hydrogens is 467 g/mol. The Labute approximate surface area is 207 Å². The van der Waals surface area contributed by atoms with Crippen LogP contribution in [-0.4, -0.2) is 17.8 Å². The van der Waals surface area contributed by atoms with Gasteiger partial charge in [-0.2, -0.15) is 18.2 Å². The van der Waals surface area contributed by atoms with Crippen molar-refractivity contribution in [3.63, 3.8) is 0 Å². The summed E-state index contributed by atoms with van der Waals surface area (Å²) >= 11 is 0. The molecule has 0 spiro atoms. The number of hydrogen-bond donors (Lipinski definition) is 0. The Morgan fingerprint density at radius 2 is 1.36 bits per heavy atom. The summed E-state index contributed by atoms with van der Waals surface area (Å²) in [4.78, 5) is 4.54. The van der Waals surface area contributed by atoms with Crippen LogP contribution in [0.1, 0.15) is 16.7 Å². The van der Waals surface area contributed by atoms with E-state index < -0.39 is 12.8 Å². The highest BCUT2D eigenvalue weighted by molar-refractivity contribution is 5.77. The van der Waals surface area contributed by atoms with E-state index in [0.717, 1.165) is 11.1 Å². The van der Waals surface area contributed by atoms with E-state index in [1.165, 1.54) is 6.07 Å². The molecule has 0 amide bonds. The van der Waals surface area contributed by atoms with Crippen molar-refractivity contribution in [2.75, 3.05) is 6.61 Å². The third kappa shape index (κ3) is 6.88. The largest absolute Gasteiger partial charge is 0.483 e. The maximum atomic E-state index is 12.9. The third-order valence-electron chi connectivity index (χ3n) is 5.20. The lowest BCUT2D eigenvalue weighted by Crippen LogP contribution is -2.19. The van der Waals surface area contributed by atoms with E-state index in [9.17, 15) is 13.2 Å². The summed E-state index contributed by atoms with van der Waals surface area (Å²) in [5.74, 6) is 0.591. The molecule has 4 rings (SSSR count). The Balaban J connectivity index is 1.69. The van der Waals surface area contributed by atoms with Crippen LogP contribution in [0.3, 0.4) is 0 Å². The summed E-state index contributed by atoms with van der Waals surface area (Å²) in [6.07, 6.45) is -2.87. The minimum Gasteiger partial charge on any atom is -0.483 e. The first-order chi connectivity index (χ1) is 17.4. The highest BCUT2D eigenvalue weighted by Crippen LogP contribution is 2.38. The molecule has 0 radical (unpaired) electrons. The molecule has 0 aliphatic carbocycles. The van der Waals surface area contributed by atoms with E-state index >= 15 is 0 Å². The summed E-state index contributed by atoms with van der Waals surface area (Å²) in [5, 5.41) is 0. The van der Waals surface area contributed by atoms with Gasteiger partial charge >= 0.3 is 6.18 Å². The van der Waals surface area contributed by atoms with Gasteiger partial charge in [0.25, 0.3) is 0 Å². The monoisotopic (exact) mass is 491 g/mol. The van der Waals surface area contributed by atoms with Crippen molar-refractivity contribution in [2.45, 2.75) is 19.4 Å². The van der Waals surface area contributed by atoms with Crippen LogP contribution in [-0.2, 0) is 13.2 Å². The Morgan fingerprint density at radius 3 is 1.97 bits per heavy atom. The van der Waals surface area contributed by atoms with Gasteiger partial charge in [-0.25, -0.2) is 0 Å². The fourth-order valence-electron chi connectivity index (χ4n) is 3.45. The van der Waals surface area contributed by atoms with Crippen LogP contribution in [0.5, 0.6) is 17.5 Å². The first-order valence-corrected chi connectivity index (χ1v) is 11.2. The minimum atomic E-state index is -4.48. The van der Waals surface area contributed by atoms with E-state index in [1.807, 2.05) is 60.7 Å². The van der Waals surface area contributed by atoms with Crippen molar-refractivity contribution < 1.29 is 27.4 Å². The van der Waals surface area contributed by atoms with E-state index in [1.54, 1.807) is 30.3 Å². The molecule has 0 saturated heterocycles. The van der Waals surface area contributed by atoms with Crippen LogP contribution < -0.4 is 14.2 Å². The van der Waals surface area contributed by atoms with Gasteiger partial charge in [0, 0.05) is 17.2 Å². The van der Waals surface area contributed by atoms with Crippen LogP contribution in [0.25, 0.3) is 17.2 Å². The zero-order chi connectivity index (χ0) is 25.4. The lowest BCUT2D eigenvalue weighted by Gasteiger charge is -2.17. The molecule has 0 aliphatic rings. The summed E-state index contributed by atoms with van der Waals surface area (Å²) < 4.78 is 55.7. The van der Waals surface area contributed by atoms with Crippen molar-refractivity contribution >= 4 is 6.08 Å². The molecule has 184 valence electrons. The van der Waals surface area contributed by atoms with E-state index in [-0.39, 0.29) is 18.2 Å². The summed E-state index contributed by atoms with van der Waals surface area (Å²) in [7, 11) is 0. The molecule has 1 heterocycles. The molecule has 3 aromatic carbocycles. The number of pyridine rings is 1. The molecule has 4 aromatic rings. The predicted molar refractivity (Wildman–Crippen MR) is 133 cm³/mol. The number of benzene rings is 3. The standard InChI is InChI=1S/C29H24F3NO3/c1-2-21-13-15-26(36-20-29(30,31)32)25(17-21)24-14-16-27(34-18-22-9-5-3-6-10-22)33-28(24)35-19-23-11-7-4-8-12-23/h2-17H,1,18-20H2. The summed E-state index contributed by atoms with van der Waals surface area (Å²) in [6, 6.07) is 27.3. The molecule has 0 atom stereocenters. The second-order valence-corrected chi connectivity index (χ2v) is 7.91. The quantitative estimate of drug-likeness (QED) is 0.230. The van der Waals surface area contributed by atoms with Crippen LogP contribution in [0, 0.1) is 0 Å². The average molecular weight is 492 g/mol. The van der Waals surface area contributed by atoms with Crippen molar-refractivity contribution in [1.29, 1.82) is 0 Å². The lowest BCUT2D eigenvalue weighted by atomic mass is 10.0. The van der Waals surface area contributed by atoms with Crippen LogP contribution in [0.2, 0.25) is 0 Å². The second kappa shape index (κ2) is 11.4. The van der Waals surface area contributed by atoms with Crippen LogP contribution in [0.15, 0.2) is 97.6 Å². The van der Waals surface area contributed by atoms with Crippen molar-refractivity contribution in [3.8, 4) is 28.6 Å². The SMILES string of the molecule is C=Cc1ccc(OCC(F)(F)F)c(-c2ccc(OCc3ccccc3)nc2OCc2ccccc2)c1. The molecule has 0 aliphatic heterocycles. The Hall–Kier alpha value is -4.26. The molecule has 36 heavy (non-hydrogen) atoms. The van der Waals surface area contributed by atoms with Gasteiger partial charge in [0.05, 0.1) is 0 Å². The maximum absolute atomic E-state index is 12.9. The smallest absolute Gasteiger partial charge is 0.422 e. The second-order valence-electron chi connectivity index (χ2n) is 7.91. The van der Waals surface area contributed by atoms with E-state index in [0.29, 0.717) is 29.2 Å². The molecule has 0 unspecified atom stereocenters. The Morgan fingerprint density at radius 1 is 0.722 bits per heavy atom. The van der Waals surface area contributed by atoms with Crippen molar-refractivity contribution in [2.24, 2.45) is 0 Å². The number of ether oxygens (including phenoxy) is 3. The van der Waals surface area contributed by atoms with Crippen molar-refractivity contribution in [3.05, 3.63) is 114 Å². The number of aromatic nitrogens is 1. The molecular formula is C29H24F3NO3. The normalized spacial score (nSPS) is 11.1. The average Bonchev–Trinajstić information content (AvgIpc) is 2.90. The van der Waals surface area contributed by atoms with E-state index in [2.05, 4.69) is 11.6 Å². The van der Waals surface area contributed by atoms with Gasteiger partial charge in [-0.05, 0) is 34.9 Å². The fourth-order valence-corrected chi connectivity index (χ4v) is 3.45. The Bertz CT molecular complexity index is 1290. The maximum Gasteiger partial charge on any atom is 0.422 e. The first kappa shape index (κ1) is 24.9. The number of nitrogens with zero attached hydrogens (tertiary/aromatic N) is 1. The lowest BCUT2D eigenvalue weighted by molar-refractivity contribution is -0.153.